The fourth-order valence-electron chi connectivity index (χ4n) is 1.09. The standard InChI is InChI=1S/C11H9N3O3/c12-10(8-4-1-2-6-13-8)14-17-11(15)9-5-3-7-16-9/h1-7H,(H2,12,14). The number of hydrogen-bond donors (Lipinski definition) is 1. The summed E-state index contributed by atoms with van der Waals surface area (Å²) in [7, 11) is 0. The smallest absolute Gasteiger partial charge is 0.400 e. The zero-order chi connectivity index (χ0) is 12.1. The highest BCUT2D eigenvalue weighted by atomic mass is 16.7. The van der Waals surface area contributed by atoms with Gasteiger partial charge in [0.05, 0.1) is 6.26 Å². The predicted molar refractivity (Wildman–Crippen MR) is 59.1 cm³/mol. The molecule has 0 unspecified atom stereocenters. The first-order valence-corrected chi connectivity index (χ1v) is 4.77. The van der Waals surface area contributed by atoms with Crippen LogP contribution in [-0.2, 0) is 4.84 Å². The van der Waals surface area contributed by atoms with Gasteiger partial charge in [0.25, 0.3) is 0 Å². The summed E-state index contributed by atoms with van der Waals surface area (Å²) in [4.78, 5) is 19.9. The summed E-state index contributed by atoms with van der Waals surface area (Å²) >= 11 is 0. The second kappa shape index (κ2) is 4.93. The second-order valence-electron chi connectivity index (χ2n) is 3.05. The van der Waals surface area contributed by atoms with Gasteiger partial charge in [-0.3, -0.25) is 4.98 Å². The van der Waals surface area contributed by atoms with Crippen molar-refractivity contribution in [1.29, 1.82) is 0 Å². The maximum Gasteiger partial charge on any atom is 0.400 e. The Labute approximate surface area is 96.7 Å². The number of furan rings is 1. The summed E-state index contributed by atoms with van der Waals surface area (Å²) in [6, 6.07) is 8.18. The van der Waals surface area contributed by atoms with E-state index in [2.05, 4.69) is 15.0 Å². The van der Waals surface area contributed by atoms with Crippen LogP contribution in [-0.4, -0.2) is 16.8 Å². The molecule has 2 aromatic rings. The van der Waals surface area contributed by atoms with E-state index in [1.165, 1.54) is 12.3 Å². The molecule has 6 heteroatoms. The van der Waals surface area contributed by atoms with Gasteiger partial charge in [0.2, 0.25) is 5.76 Å². The molecule has 0 atom stereocenters. The molecule has 0 aromatic carbocycles. The van der Waals surface area contributed by atoms with E-state index in [1.807, 2.05) is 0 Å². The van der Waals surface area contributed by atoms with Crippen molar-refractivity contribution >= 4 is 11.8 Å². The van der Waals surface area contributed by atoms with Gasteiger partial charge in [0, 0.05) is 6.20 Å². The average Bonchev–Trinajstić information content (AvgIpc) is 2.90. The average molecular weight is 231 g/mol. The van der Waals surface area contributed by atoms with Gasteiger partial charge in [-0.05, 0) is 24.3 Å². The Kier molecular flexibility index (Phi) is 3.15. The van der Waals surface area contributed by atoms with Gasteiger partial charge in [-0.25, -0.2) is 4.79 Å². The van der Waals surface area contributed by atoms with Crippen molar-refractivity contribution in [3.05, 3.63) is 54.2 Å². The Bertz CT molecular complexity index is 520. The third-order valence-corrected chi connectivity index (χ3v) is 1.88. The van der Waals surface area contributed by atoms with Crippen LogP contribution < -0.4 is 5.73 Å². The van der Waals surface area contributed by atoms with Crippen LogP contribution in [0.15, 0.2) is 52.4 Å². The van der Waals surface area contributed by atoms with Gasteiger partial charge >= 0.3 is 5.97 Å². The topological polar surface area (TPSA) is 90.7 Å². The lowest BCUT2D eigenvalue weighted by atomic mass is 10.3. The number of aromatic nitrogens is 1. The van der Waals surface area contributed by atoms with E-state index < -0.39 is 5.97 Å². The number of rotatable bonds is 3. The highest BCUT2D eigenvalue weighted by molar-refractivity contribution is 5.96. The Balaban J connectivity index is 2.04. The number of hydrogen-bond acceptors (Lipinski definition) is 5. The van der Waals surface area contributed by atoms with Gasteiger partial charge < -0.3 is 15.0 Å². The molecular weight excluding hydrogens is 222 g/mol. The van der Waals surface area contributed by atoms with Crippen molar-refractivity contribution in [2.24, 2.45) is 10.9 Å². The molecule has 0 aliphatic heterocycles. The number of nitrogens with zero attached hydrogens (tertiary/aromatic N) is 2. The monoisotopic (exact) mass is 231 g/mol. The summed E-state index contributed by atoms with van der Waals surface area (Å²) in [6.07, 6.45) is 2.93. The van der Waals surface area contributed by atoms with Crippen LogP contribution in [0.25, 0.3) is 0 Å². The molecule has 2 N–H and O–H groups in total. The summed E-state index contributed by atoms with van der Waals surface area (Å²) in [5.41, 5.74) is 6.01. The lowest BCUT2D eigenvalue weighted by Gasteiger charge is -1.98. The lowest BCUT2D eigenvalue weighted by molar-refractivity contribution is 0.0479. The van der Waals surface area contributed by atoms with Crippen molar-refractivity contribution in [2.45, 2.75) is 0 Å². The summed E-state index contributed by atoms with van der Waals surface area (Å²) in [5.74, 6) is -0.637. The molecule has 0 saturated heterocycles. The largest absolute Gasteiger partial charge is 0.457 e. The SMILES string of the molecule is N/C(=N\OC(=O)c1ccco1)c1ccccn1. The van der Waals surface area contributed by atoms with E-state index in [9.17, 15) is 4.79 Å². The zero-order valence-corrected chi connectivity index (χ0v) is 8.74. The van der Waals surface area contributed by atoms with Gasteiger partial charge in [-0.2, -0.15) is 0 Å². The van der Waals surface area contributed by atoms with Crippen LogP contribution in [0.5, 0.6) is 0 Å². The van der Waals surface area contributed by atoms with Crippen molar-refractivity contribution in [3.63, 3.8) is 0 Å². The number of pyridine rings is 1. The van der Waals surface area contributed by atoms with Crippen LogP contribution >= 0.6 is 0 Å². The fraction of sp³-hybridized carbons (Fsp3) is 0. The van der Waals surface area contributed by atoms with Crippen molar-refractivity contribution in [3.8, 4) is 0 Å². The molecule has 2 heterocycles. The minimum atomic E-state index is -0.714. The molecule has 86 valence electrons. The van der Waals surface area contributed by atoms with Gasteiger partial charge in [0.15, 0.2) is 5.84 Å². The molecule has 0 bridgehead atoms. The predicted octanol–water partition coefficient (Wildman–Crippen LogP) is 1.15. The van der Waals surface area contributed by atoms with Gasteiger partial charge in [-0.1, -0.05) is 11.2 Å². The van der Waals surface area contributed by atoms with Gasteiger partial charge in [-0.15, -0.1) is 0 Å². The summed E-state index contributed by atoms with van der Waals surface area (Å²) in [6.45, 7) is 0. The van der Waals surface area contributed by atoms with Crippen LogP contribution in [0.4, 0.5) is 0 Å². The zero-order valence-electron chi connectivity index (χ0n) is 8.74. The number of nitrogens with two attached hydrogens (primary N) is 1. The fourth-order valence-corrected chi connectivity index (χ4v) is 1.09. The number of amidine groups is 1. The number of oxime groups is 1. The highest BCUT2D eigenvalue weighted by Crippen LogP contribution is 2.03. The van der Waals surface area contributed by atoms with Crippen LogP contribution in [0, 0.1) is 0 Å². The van der Waals surface area contributed by atoms with Crippen LogP contribution in [0.2, 0.25) is 0 Å². The first kappa shape index (κ1) is 10.9. The molecular formula is C11H9N3O3. The molecule has 17 heavy (non-hydrogen) atoms. The van der Waals surface area contributed by atoms with E-state index in [0.717, 1.165) is 0 Å². The van der Waals surface area contributed by atoms with Crippen LogP contribution in [0.3, 0.4) is 0 Å². The quantitative estimate of drug-likeness (QED) is 0.370. The number of carbonyl (C=O) groups is 1. The van der Waals surface area contributed by atoms with Crippen molar-refractivity contribution in [1.82, 2.24) is 4.98 Å². The van der Waals surface area contributed by atoms with E-state index in [1.54, 1.807) is 30.5 Å². The minimum Gasteiger partial charge on any atom is -0.457 e. The molecule has 0 aliphatic carbocycles. The summed E-state index contributed by atoms with van der Waals surface area (Å²) < 4.78 is 4.83. The minimum absolute atomic E-state index is 0.0190. The molecule has 0 fully saturated rings. The molecule has 0 spiro atoms. The molecule has 2 rings (SSSR count). The Hall–Kier alpha value is -2.63. The van der Waals surface area contributed by atoms with Crippen molar-refractivity contribution in [2.75, 3.05) is 0 Å². The van der Waals surface area contributed by atoms with E-state index >= 15 is 0 Å². The molecule has 0 radical (unpaired) electrons. The maximum atomic E-state index is 11.3. The highest BCUT2D eigenvalue weighted by Gasteiger charge is 2.10. The lowest BCUT2D eigenvalue weighted by Crippen LogP contribution is -2.16. The normalized spacial score (nSPS) is 11.2. The second-order valence-corrected chi connectivity index (χ2v) is 3.05. The molecule has 2 aromatic heterocycles. The Morgan fingerprint density at radius 2 is 2.24 bits per heavy atom. The maximum absolute atomic E-state index is 11.3. The number of carbonyl (C=O) groups excluding carboxylic acids is 1. The van der Waals surface area contributed by atoms with E-state index in [0.29, 0.717) is 5.69 Å². The van der Waals surface area contributed by atoms with E-state index in [4.69, 9.17) is 10.2 Å². The molecule has 6 nitrogen and oxygen atoms in total. The van der Waals surface area contributed by atoms with Crippen LogP contribution in [0.1, 0.15) is 16.2 Å². The Morgan fingerprint density at radius 3 is 2.88 bits per heavy atom. The Morgan fingerprint density at radius 1 is 1.35 bits per heavy atom. The van der Waals surface area contributed by atoms with E-state index in [-0.39, 0.29) is 11.6 Å². The third kappa shape index (κ3) is 2.69. The first-order valence-electron chi connectivity index (χ1n) is 4.77. The molecule has 0 amide bonds. The summed E-state index contributed by atoms with van der Waals surface area (Å²) in [5, 5.41) is 3.47. The third-order valence-electron chi connectivity index (χ3n) is 1.88. The first-order chi connectivity index (χ1) is 8.27. The van der Waals surface area contributed by atoms with Crippen molar-refractivity contribution < 1.29 is 14.0 Å². The molecule has 0 saturated carbocycles. The molecule has 0 aliphatic rings. The van der Waals surface area contributed by atoms with Gasteiger partial charge in [0.1, 0.15) is 5.69 Å².